The molecule has 0 aromatic rings. The van der Waals surface area contributed by atoms with Crippen LogP contribution in [-0.4, -0.2) is 5.88 Å². The minimum Gasteiger partial charge on any atom is -0.273 e. The van der Waals surface area contributed by atoms with E-state index in [4.69, 9.17) is 11.6 Å². The summed E-state index contributed by atoms with van der Waals surface area (Å²) in [5, 5.41) is 0. The van der Waals surface area contributed by atoms with E-state index in [1.165, 1.54) is 0 Å². The first-order chi connectivity index (χ1) is 3.91. The van der Waals surface area contributed by atoms with Crippen LogP contribution >= 0.6 is 11.6 Å². The monoisotopic (exact) mass is 177 g/mol. The van der Waals surface area contributed by atoms with E-state index in [0.717, 1.165) is 12.3 Å². The second kappa shape index (κ2) is 11.3. The third-order valence-corrected chi connectivity index (χ3v) is 0.586. The maximum atomic E-state index is 5.00. The molecule has 0 atom stereocenters. The Kier molecular flexibility index (Phi) is 15.3. The van der Waals surface area contributed by atoms with E-state index >= 15 is 0 Å². The van der Waals surface area contributed by atoms with Gasteiger partial charge in [0.1, 0.15) is 0 Å². The number of rotatable bonds is 0. The largest absolute Gasteiger partial charge is 0.273 e. The maximum absolute atomic E-state index is 5.00. The average molecular weight is 177 g/mol. The molecule has 0 saturated carbocycles. The number of allylic oxidation sites excluding steroid dienone is 4. The van der Waals surface area contributed by atoms with E-state index in [2.05, 4.69) is 12.2 Å². The quantitative estimate of drug-likeness (QED) is 0.303. The first-order valence-electron chi connectivity index (χ1n) is 2.69. The van der Waals surface area contributed by atoms with Gasteiger partial charge in [-0.2, -0.15) is 6.08 Å². The zero-order chi connectivity index (χ0) is 6.24. The summed E-state index contributed by atoms with van der Waals surface area (Å²) in [6.45, 7) is 1.89. The summed E-state index contributed by atoms with van der Waals surface area (Å²) in [7, 11) is 0. The van der Waals surface area contributed by atoms with Crippen molar-refractivity contribution in [3.05, 3.63) is 24.3 Å². The van der Waals surface area contributed by atoms with Crippen molar-refractivity contribution in [2.75, 3.05) is 5.88 Å². The summed E-state index contributed by atoms with van der Waals surface area (Å²) in [5.74, 6) is 0.722. The second-order valence-electron chi connectivity index (χ2n) is 1.27. The van der Waals surface area contributed by atoms with E-state index in [-0.39, 0.29) is 21.7 Å². The fraction of sp³-hybridized carbons (Fsp3) is 0.429. The van der Waals surface area contributed by atoms with E-state index in [1.807, 2.05) is 19.1 Å². The molecule has 0 aromatic heterocycles. The van der Waals surface area contributed by atoms with Crippen molar-refractivity contribution < 1.29 is 21.7 Å². The Balaban J connectivity index is 0. The third-order valence-electron chi connectivity index (χ3n) is 0.586. The van der Waals surface area contributed by atoms with Gasteiger partial charge in [0.2, 0.25) is 0 Å². The van der Waals surface area contributed by atoms with E-state index in [0.29, 0.717) is 0 Å². The molecular formula is C7H10ClTi-. The van der Waals surface area contributed by atoms with Crippen molar-refractivity contribution >= 4 is 11.6 Å². The van der Waals surface area contributed by atoms with Crippen LogP contribution in [0.2, 0.25) is 0 Å². The molecule has 50 valence electrons. The topological polar surface area (TPSA) is 0 Å². The molecule has 0 amide bonds. The number of alkyl halides is 1. The van der Waals surface area contributed by atoms with E-state index < -0.39 is 0 Å². The normalized spacial score (nSPS) is 11.8. The van der Waals surface area contributed by atoms with Crippen molar-refractivity contribution in [2.45, 2.75) is 13.3 Å². The van der Waals surface area contributed by atoms with E-state index in [9.17, 15) is 0 Å². The van der Waals surface area contributed by atoms with Crippen LogP contribution in [-0.2, 0) is 21.7 Å². The number of halogens is 1. The van der Waals surface area contributed by atoms with Crippen molar-refractivity contribution in [2.24, 2.45) is 0 Å². The van der Waals surface area contributed by atoms with Crippen LogP contribution in [0.1, 0.15) is 13.3 Å². The summed E-state index contributed by atoms with van der Waals surface area (Å²) < 4.78 is 0. The van der Waals surface area contributed by atoms with Crippen LogP contribution in [0, 0.1) is 6.08 Å². The van der Waals surface area contributed by atoms with Gasteiger partial charge in [-0.3, -0.25) is 6.08 Å². The molecule has 1 rings (SSSR count). The Hall–Kier alpha value is 0.484. The summed E-state index contributed by atoms with van der Waals surface area (Å²) >= 11 is 5.00. The molecule has 0 radical (unpaired) electrons. The molecule has 1 aliphatic carbocycles. The predicted octanol–water partition coefficient (Wildman–Crippen LogP) is 2.55. The summed E-state index contributed by atoms with van der Waals surface area (Å²) in [6, 6.07) is 0. The Morgan fingerprint density at radius 2 is 2.22 bits per heavy atom. The Morgan fingerprint density at radius 3 is 2.33 bits per heavy atom. The predicted molar refractivity (Wildman–Crippen MR) is 38.0 cm³/mol. The number of hydrogen-bond acceptors (Lipinski definition) is 0. The van der Waals surface area contributed by atoms with Crippen molar-refractivity contribution in [1.29, 1.82) is 0 Å². The molecule has 2 heteroatoms. The van der Waals surface area contributed by atoms with Crippen molar-refractivity contribution in [3.63, 3.8) is 0 Å². The number of hydrogen-bond donors (Lipinski definition) is 0. The van der Waals surface area contributed by atoms with Gasteiger partial charge >= 0.3 is 0 Å². The van der Waals surface area contributed by atoms with Gasteiger partial charge in [0.25, 0.3) is 0 Å². The first-order valence-corrected chi connectivity index (χ1v) is 3.23. The smallest absolute Gasteiger partial charge is 0.0195 e. The molecule has 1 aliphatic rings. The molecule has 0 saturated heterocycles. The molecule has 0 nitrogen and oxygen atoms in total. The molecular weight excluding hydrogens is 167 g/mol. The average Bonchev–Trinajstić information content (AvgIpc) is 2.17. The molecule has 0 unspecified atom stereocenters. The van der Waals surface area contributed by atoms with Crippen LogP contribution in [0.4, 0.5) is 0 Å². The molecule has 0 heterocycles. The molecule has 0 bridgehead atoms. The Labute approximate surface area is 76.9 Å². The van der Waals surface area contributed by atoms with Crippen LogP contribution in [0.5, 0.6) is 0 Å². The summed E-state index contributed by atoms with van der Waals surface area (Å²) in [5.41, 5.74) is 0. The van der Waals surface area contributed by atoms with Gasteiger partial charge in [0, 0.05) is 27.6 Å². The Bertz CT molecular complexity index is 76.9. The molecule has 0 aromatic carbocycles. The Morgan fingerprint density at radius 1 is 1.67 bits per heavy atom. The van der Waals surface area contributed by atoms with Crippen LogP contribution < -0.4 is 0 Å². The van der Waals surface area contributed by atoms with Crippen LogP contribution in [0.3, 0.4) is 0 Å². The van der Waals surface area contributed by atoms with E-state index in [1.54, 1.807) is 0 Å². The summed E-state index contributed by atoms with van der Waals surface area (Å²) in [6.07, 6.45) is 10.0. The minimum absolute atomic E-state index is 0. The van der Waals surface area contributed by atoms with Crippen molar-refractivity contribution in [1.82, 2.24) is 0 Å². The standard InChI is InChI=1S/C5H5.C2H5Cl.Ti/c1-2-4-5-3-1;1-2-3;/h1-3H,4H2;2H2,1H3;/q-1;;. The zero-order valence-electron chi connectivity index (χ0n) is 5.52. The molecule has 9 heavy (non-hydrogen) atoms. The third kappa shape index (κ3) is 11.9. The SMILES string of the molecule is CCCl.[C-]1=CC=CC1.[Ti]. The van der Waals surface area contributed by atoms with Crippen molar-refractivity contribution in [3.8, 4) is 0 Å². The first kappa shape index (κ1) is 12.2. The fourth-order valence-electron chi connectivity index (χ4n) is 0.340. The van der Waals surface area contributed by atoms with Gasteiger partial charge in [-0.1, -0.05) is 6.92 Å². The zero-order valence-corrected chi connectivity index (χ0v) is 7.84. The molecule has 0 spiro atoms. The molecule has 0 aliphatic heterocycles. The fourth-order valence-corrected chi connectivity index (χ4v) is 0.340. The minimum atomic E-state index is 0. The molecule has 0 N–H and O–H groups in total. The second-order valence-corrected chi connectivity index (χ2v) is 1.80. The van der Waals surface area contributed by atoms with Crippen LogP contribution in [0.15, 0.2) is 18.2 Å². The van der Waals surface area contributed by atoms with Gasteiger partial charge in [-0.15, -0.1) is 18.0 Å². The summed E-state index contributed by atoms with van der Waals surface area (Å²) in [4.78, 5) is 0. The maximum Gasteiger partial charge on any atom is 0.0195 e. The van der Waals surface area contributed by atoms with Gasteiger partial charge in [0.15, 0.2) is 0 Å². The van der Waals surface area contributed by atoms with Gasteiger partial charge in [-0.25, -0.2) is 12.2 Å². The van der Waals surface area contributed by atoms with Gasteiger partial charge < -0.3 is 0 Å². The van der Waals surface area contributed by atoms with Crippen LogP contribution in [0.25, 0.3) is 0 Å². The molecule has 0 fully saturated rings. The van der Waals surface area contributed by atoms with Gasteiger partial charge in [0.05, 0.1) is 0 Å². The van der Waals surface area contributed by atoms with Gasteiger partial charge in [-0.05, 0) is 0 Å².